The third-order valence-electron chi connectivity index (χ3n) is 9.38. The Kier molecular flexibility index (Phi) is 6.63. The molecule has 5 heterocycles. The van der Waals surface area contributed by atoms with Crippen LogP contribution in [0.15, 0.2) is 18.2 Å². The summed E-state index contributed by atoms with van der Waals surface area (Å²) in [5.74, 6) is -0.554. The Morgan fingerprint density at radius 3 is 2.58 bits per heavy atom. The number of halogens is 4. The third kappa shape index (κ3) is 4.96. The molecule has 3 N–H and O–H groups in total. The van der Waals surface area contributed by atoms with Gasteiger partial charge in [-0.2, -0.15) is 9.97 Å². The Labute approximate surface area is 255 Å². The normalized spacial score (nSPS) is 24.8. The van der Waals surface area contributed by atoms with E-state index < -0.39 is 17.8 Å². The quantitative estimate of drug-likeness (QED) is 0.274. The summed E-state index contributed by atoms with van der Waals surface area (Å²) >= 11 is 7.80. The molecule has 0 spiro atoms. The van der Waals surface area contributed by atoms with Gasteiger partial charge in [0.25, 0.3) is 0 Å². The number of piperazine rings is 1. The smallest absolute Gasteiger partial charge is 0.319 e. The molecule has 0 amide bonds. The van der Waals surface area contributed by atoms with Crippen molar-refractivity contribution in [3.05, 3.63) is 34.9 Å². The monoisotopic (exact) mass is 629 g/mol. The van der Waals surface area contributed by atoms with E-state index in [9.17, 15) is 8.78 Å². The van der Waals surface area contributed by atoms with Crippen LogP contribution in [0.2, 0.25) is 5.02 Å². The van der Waals surface area contributed by atoms with Crippen LogP contribution in [0.4, 0.5) is 24.1 Å². The summed E-state index contributed by atoms with van der Waals surface area (Å²) in [6.45, 7) is 3.80. The molecule has 4 aliphatic rings. The van der Waals surface area contributed by atoms with Crippen LogP contribution in [0.25, 0.3) is 32.2 Å². The van der Waals surface area contributed by atoms with Crippen LogP contribution in [0.3, 0.4) is 0 Å². The van der Waals surface area contributed by atoms with Crippen LogP contribution in [0.5, 0.6) is 6.01 Å². The Balaban J connectivity index is 1.21. The number of nitrogens with one attached hydrogen (secondary N) is 1. The first kappa shape index (κ1) is 27.6. The number of anilines is 2. The first-order valence-corrected chi connectivity index (χ1v) is 16.0. The van der Waals surface area contributed by atoms with Gasteiger partial charge in [-0.1, -0.05) is 22.9 Å². The molecule has 2 aromatic heterocycles. The Bertz CT molecular complexity index is 1740. The van der Waals surface area contributed by atoms with Gasteiger partial charge in [0, 0.05) is 66.7 Å². The lowest BCUT2D eigenvalue weighted by Crippen LogP contribution is -2.51. The van der Waals surface area contributed by atoms with Crippen molar-refractivity contribution in [2.24, 2.45) is 5.41 Å². The summed E-state index contributed by atoms with van der Waals surface area (Å²) in [7, 11) is 0. The lowest BCUT2D eigenvalue weighted by atomic mass is 10.0. The van der Waals surface area contributed by atoms with Gasteiger partial charge in [0.2, 0.25) is 0 Å². The molecule has 8 nitrogen and oxygen atoms in total. The van der Waals surface area contributed by atoms with Gasteiger partial charge in [-0.3, -0.25) is 4.90 Å². The van der Waals surface area contributed by atoms with Crippen molar-refractivity contribution in [2.45, 2.75) is 50.4 Å². The zero-order valence-electron chi connectivity index (χ0n) is 23.4. The summed E-state index contributed by atoms with van der Waals surface area (Å²) in [6, 6.07) is 5.17. The molecule has 1 aliphatic carbocycles. The van der Waals surface area contributed by atoms with Crippen LogP contribution < -0.4 is 20.7 Å². The average Bonchev–Trinajstić information content (AvgIpc) is 3.23. The number of hydrogen-bond donors (Lipinski definition) is 2. The van der Waals surface area contributed by atoms with Gasteiger partial charge >= 0.3 is 6.01 Å². The molecule has 8 rings (SSSR count). The van der Waals surface area contributed by atoms with Crippen LogP contribution in [0.1, 0.15) is 32.1 Å². The van der Waals surface area contributed by atoms with Crippen molar-refractivity contribution >= 4 is 55.0 Å². The number of benzene rings is 2. The van der Waals surface area contributed by atoms with Crippen molar-refractivity contribution in [1.82, 2.24) is 25.2 Å². The van der Waals surface area contributed by atoms with Gasteiger partial charge in [-0.25, -0.2) is 18.2 Å². The van der Waals surface area contributed by atoms with Crippen LogP contribution >= 0.6 is 22.9 Å². The topological polar surface area (TPSA) is 92.4 Å². The summed E-state index contributed by atoms with van der Waals surface area (Å²) in [6.07, 6.45) is 3.90. The number of nitrogens with zero attached hydrogens (tertiary/aromatic N) is 5. The Hall–Kier alpha value is -2.93. The van der Waals surface area contributed by atoms with Crippen LogP contribution in [0, 0.1) is 17.0 Å². The highest BCUT2D eigenvalue weighted by Crippen LogP contribution is 2.47. The number of rotatable bonds is 7. The number of thiazole rings is 1. The molecular weight excluding hydrogens is 599 g/mol. The standard InChI is InChI=1S/C30H31ClF3N7OS/c31-20-9-19-24(23(34)22(20)18-3-4-21(33)26-25(18)37-28(35)43-26)38-29(39-27(19)41-11-16-1-2-17(12-41)36-16)42-14-30(6-7-30)13-40-8-5-15(32)10-40/h3-4,9,15-17,36H,1-2,5-8,10-14H2,(H2,35,37)/t15-,16?,17?/m1/s1. The van der Waals surface area contributed by atoms with E-state index in [2.05, 4.69) is 25.1 Å². The lowest BCUT2D eigenvalue weighted by Gasteiger charge is -2.34. The summed E-state index contributed by atoms with van der Waals surface area (Å²) in [5, 5.41) is 4.44. The molecular formula is C30H31ClF3N7OS. The number of ether oxygens (including phenoxy) is 1. The predicted octanol–water partition coefficient (Wildman–Crippen LogP) is 5.56. The second-order valence-corrected chi connectivity index (χ2v) is 14.0. The summed E-state index contributed by atoms with van der Waals surface area (Å²) in [5.41, 5.74) is 6.57. The molecule has 3 aliphatic heterocycles. The molecule has 2 aromatic carbocycles. The van der Waals surface area contributed by atoms with E-state index in [1.54, 1.807) is 6.07 Å². The fourth-order valence-corrected chi connectivity index (χ4v) is 8.08. The zero-order valence-corrected chi connectivity index (χ0v) is 25.0. The molecule has 3 saturated heterocycles. The molecule has 43 heavy (non-hydrogen) atoms. The van der Waals surface area contributed by atoms with Crippen molar-refractivity contribution in [3.8, 4) is 17.1 Å². The SMILES string of the molecule is Nc1nc2c(-c3c(Cl)cc4c(N5CC6CCC(C5)N6)nc(OCC5(CN6CC[C@@H](F)C6)CC5)nc4c3F)ccc(F)c2s1. The number of alkyl halides is 1. The van der Waals surface area contributed by atoms with Gasteiger partial charge in [0.15, 0.2) is 10.9 Å². The maximum absolute atomic E-state index is 16.7. The fraction of sp³-hybridized carbons (Fsp3) is 0.500. The highest BCUT2D eigenvalue weighted by atomic mass is 35.5. The Morgan fingerprint density at radius 1 is 1.07 bits per heavy atom. The first-order chi connectivity index (χ1) is 20.7. The minimum absolute atomic E-state index is 0.0777. The molecule has 2 unspecified atom stereocenters. The average molecular weight is 630 g/mol. The highest BCUT2D eigenvalue weighted by Gasteiger charge is 2.46. The van der Waals surface area contributed by atoms with E-state index in [0.717, 1.165) is 63.2 Å². The molecule has 1 saturated carbocycles. The predicted molar refractivity (Wildman–Crippen MR) is 163 cm³/mol. The van der Waals surface area contributed by atoms with E-state index in [-0.39, 0.29) is 42.9 Å². The molecule has 4 fully saturated rings. The number of fused-ring (bicyclic) bond motifs is 4. The van der Waals surface area contributed by atoms with E-state index >= 15 is 4.39 Å². The van der Waals surface area contributed by atoms with Crippen LogP contribution in [-0.2, 0) is 0 Å². The number of aromatic nitrogens is 3. The van der Waals surface area contributed by atoms with Gasteiger partial charge in [-0.15, -0.1) is 0 Å². The second-order valence-electron chi connectivity index (χ2n) is 12.6. The fourth-order valence-electron chi connectivity index (χ4n) is 7.02. The van der Waals surface area contributed by atoms with E-state index in [1.807, 2.05) is 0 Å². The largest absolute Gasteiger partial charge is 0.463 e. The minimum atomic E-state index is -0.774. The molecule has 4 aromatic rings. The molecule has 13 heteroatoms. The number of nitrogen functional groups attached to an aromatic ring is 1. The molecule has 2 bridgehead atoms. The van der Waals surface area contributed by atoms with Gasteiger partial charge in [-0.05, 0) is 50.3 Å². The van der Waals surface area contributed by atoms with Crippen molar-refractivity contribution in [3.63, 3.8) is 0 Å². The minimum Gasteiger partial charge on any atom is -0.463 e. The van der Waals surface area contributed by atoms with Gasteiger partial charge < -0.3 is 20.7 Å². The van der Waals surface area contributed by atoms with E-state index in [1.165, 1.54) is 12.1 Å². The summed E-state index contributed by atoms with van der Waals surface area (Å²) < 4.78 is 51.5. The maximum Gasteiger partial charge on any atom is 0.319 e. The van der Waals surface area contributed by atoms with Crippen molar-refractivity contribution in [1.29, 1.82) is 0 Å². The maximum atomic E-state index is 16.7. The lowest BCUT2D eigenvalue weighted by molar-refractivity contribution is 0.165. The second kappa shape index (κ2) is 10.3. The number of likely N-dealkylation sites (tertiary alicyclic amines) is 1. The highest BCUT2D eigenvalue weighted by molar-refractivity contribution is 7.22. The van der Waals surface area contributed by atoms with Crippen LogP contribution in [-0.4, -0.2) is 77.4 Å². The van der Waals surface area contributed by atoms with Gasteiger partial charge in [0.1, 0.15) is 23.3 Å². The third-order valence-corrected chi connectivity index (χ3v) is 10.6. The number of nitrogens with two attached hydrogens (primary N) is 1. The number of hydrogen-bond acceptors (Lipinski definition) is 9. The van der Waals surface area contributed by atoms with E-state index in [0.29, 0.717) is 48.4 Å². The molecule has 3 atom stereocenters. The Morgan fingerprint density at radius 2 is 1.86 bits per heavy atom. The van der Waals surface area contributed by atoms with E-state index in [4.69, 9.17) is 27.1 Å². The zero-order chi connectivity index (χ0) is 29.5. The molecule has 226 valence electrons. The summed E-state index contributed by atoms with van der Waals surface area (Å²) in [4.78, 5) is 18.0. The van der Waals surface area contributed by atoms with Crippen molar-refractivity contribution in [2.75, 3.05) is 50.0 Å². The molecule has 0 radical (unpaired) electrons. The van der Waals surface area contributed by atoms with Gasteiger partial charge in [0.05, 0.1) is 21.8 Å². The van der Waals surface area contributed by atoms with Crippen molar-refractivity contribution < 1.29 is 17.9 Å². The first-order valence-electron chi connectivity index (χ1n) is 14.8.